The zero-order valence-electron chi connectivity index (χ0n) is 12.6. The standard InChI is InChI=1S/C16H22Cl2N2O2/c17-13-6-5-12(10-14(13)18)15-11-20(8-9-22-15)16(21)4-2-1-3-7-19/h5-6,10,15H,1-4,7-9,11,19H2. The van der Waals surface area contributed by atoms with Crippen molar-refractivity contribution in [3.63, 3.8) is 0 Å². The minimum atomic E-state index is -0.142. The molecule has 1 aromatic rings. The smallest absolute Gasteiger partial charge is 0.222 e. The number of ether oxygens (including phenoxy) is 1. The van der Waals surface area contributed by atoms with Gasteiger partial charge >= 0.3 is 0 Å². The van der Waals surface area contributed by atoms with Gasteiger partial charge in [0.05, 0.1) is 23.2 Å². The number of hydrogen-bond donors (Lipinski definition) is 1. The summed E-state index contributed by atoms with van der Waals surface area (Å²) < 4.78 is 5.77. The first kappa shape index (κ1) is 17.5. The van der Waals surface area contributed by atoms with Crippen molar-refractivity contribution < 1.29 is 9.53 Å². The Balaban J connectivity index is 1.90. The fourth-order valence-corrected chi connectivity index (χ4v) is 2.85. The molecular weight excluding hydrogens is 323 g/mol. The van der Waals surface area contributed by atoms with Gasteiger partial charge in [0.2, 0.25) is 5.91 Å². The molecule has 1 heterocycles. The lowest BCUT2D eigenvalue weighted by molar-refractivity contribution is -0.139. The molecule has 22 heavy (non-hydrogen) atoms. The summed E-state index contributed by atoms with van der Waals surface area (Å²) in [5.41, 5.74) is 6.42. The van der Waals surface area contributed by atoms with Gasteiger partial charge < -0.3 is 15.4 Å². The van der Waals surface area contributed by atoms with Crippen molar-refractivity contribution in [3.05, 3.63) is 33.8 Å². The molecule has 0 radical (unpaired) electrons. The molecule has 1 atom stereocenters. The van der Waals surface area contributed by atoms with Crippen LogP contribution in [-0.4, -0.2) is 37.0 Å². The van der Waals surface area contributed by atoms with E-state index >= 15 is 0 Å². The van der Waals surface area contributed by atoms with Gasteiger partial charge in [0.15, 0.2) is 0 Å². The van der Waals surface area contributed by atoms with Crippen LogP contribution in [0.3, 0.4) is 0 Å². The van der Waals surface area contributed by atoms with Gasteiger partial charge in [-0.1, -0.05) is 35.7 Å². The fourth-order valence-electron chi connectivity index (χ4n) is 2.55. The Morgan fingerprint density at radius 1 is 1.27 bits per heavy atom. The lowest BCUT2D eigenvalue weighted by Crippen LogP contribution is -2.42. The van der Waals surface area contributed by atoms with Crippen LogP contribution < -0.4 is 5.73 Å². The van der Waals surface area contributed by atoms with Crippen LogP contribution in [0.2, 0.25) is 10.0 Å². The van der Waals surface area contributed by atoms with Crippen LogP contribution in [0.15, 0.2) is 18.2 Å². The lowest BCUT2D eigenvalue weighted by atomic mass is 10.1. The first-order valence-electron chi connectivity index (χ1n) is 7.66. The summed E-state index contributed by atoms with van der Waals surface area (Å²) in [7, 11) is 0. The van der Waals surface area contributed by atoms with Gasteiger partial charge in [-0.3, -0.25) is 4.79 Å². The van der Waals surface area contributed by atoms with E-state index in [9.17, 15) is 4.79 Å². The Kier molecular flexibility index (Phi) is 6.96. The van der Waals surface area contributed by atoms with Crippen LogP contribution in [0.4, 0.5) is 0 Å². The van der Waals surface area contributed by atoms with Gasteiger partial charge in [-0.25, -0.2) is 0 Å². The van der Waals surface area contributed by atoms with Crippen molar-refractivity contribution >= 4 is 29.1 Å². The molecule has 1 aromatic carbocycles. The van der Waals surface area contributed by atoms with Gasteiger partial charge in [0.1, 0.15) is 6.10 Å². The average Bonchev–Trinajstić information content (AvgIpc) is 2.54. The fraction of sp³-hybridized carbons (Fsp3) is 0.562. The molecule has 1 aliphatic rings. The number of nitrogens with zero attached hydrogens (tertiary/aromatic N) is 1. The van der Waals surface area contributed by atoms with E-state index in [0.717, 1.165) is 24.8 Å². The van der Waals surface area contributed by atoms with Gasteiger partial charge in [0.25, 0.3) is 0 Å². The van der Waals surface area contributed by atoms with Gasteiger partial charge in [-0.15, -0.1) is 0 Å². The van der Waals surface area contributed by atoms with E-state index in [1.165, 1.54) is 0 Å². The maximum atomic E-state index is 12.3. The summed E-state index contributed by atoms with van der Waals surface area (Å²) in [5, 5.41) is 1.03. The monoisotopic (exact) mass is 344 g/mol. The molecule has 0 aromatic heterocycles. The highest BCUT2D eigenvalue weighted by atomic mass is 35.5. The van der Waals surface area contributed by atoms with E-state index in [-0.39, 0.29) is 12.0 Å². The number of amides is 1. The molecule has 0 aliphatic carbocycles. The molecule has 122 valence electrons. The van der Waals surface area contributed by atoms with Gasteiger partial charge in [0, 0.05) is 13.0 Å². The van der Waals surface area contributed by atoms with E-state index in [4.69, 9.17) is 33.7 Å². The third kappa shape index (κ3) is 4.85. The highest BCUT2D eigenvalue weighted by Gasteiger charge is 2.25. The molecule has 1 amide bonds. The highest BCUT2D eigenvalue weighted by Crippen LogP contribution is 2.29. The second-order valence-corrected chi connectivity index (χ2v) is 6.29. The Morgan fingerprint density at radius 2 is 2.09 bits per heavy atom. The van der Waals surface area contributed by atoms with Crippen molar-refractivity contribution in [3.8, 4) is 0 Å². The SMILES string of the molecule is NCCCCCC(=O)N1CCOC(c2ccc(Cl)c(Cl)c2)C1. The van der Waals surface area contributed by atoms with Crippen LogP contribution in [-0.2, 0) is 9.53 Å². The molecule has 1 saturated heterocycles. The van der Waals surface area contributed by atoms with Crippen LogP contribution >= 0.6 is 23.2 Å². The van der Waals surface area contributed by atoms with E-state index in [0.29, 0.717) is 42.7 Å². The predicted molar refractivity (Wildman–Crippen MR) is 89.3 cm³/mol. The number of nitrogens with two attached hydrogens (primary N) is 1. The molecule has 0 spiro atoms. The summed E-state index contributed by atoms with van der Waals surface area (Å²) >= 11 is 12.0. The van der Waals surface area contributed by atoms with Gasteiger partial charge in [-0.2, -0.15) is 0 Å². The number of carbonyl (C=O) groups excluding carboxylic acids is 1. The molecule has 1 aliphatic heterocycles. The van der Waals surface area contributed by atoms with Crippen LogP contribution in [0.5, 0.6) is 0 Å². The first-order chi connectivity index (χ1) is 10.6. The summed E-state index contributed by atoms with van der Waals surface area (Å²) in [4.78, 5) is 14.1. The second kappa shape index (κ2) is 8.73. The van der Waals surface area contributed by atoms with Crippen LogP contribution in [0.25, 0.3) is 0 Å². The second-order valence-electron chi connectivity index (χ2n) is 5.47. The topological polar surface area (TPSA) is 55.6 Å². The largest absolute Gasteiger partial charge is 0.370 e. The summed E-state index contributed by atoms with van der Waals surface area (Å²) in [6, 6.07) is 5.47. The third-order valence-electron chi connectivity index (χ3n) is 3.83. The number of hydrogen-bond acceptors (Lipinski definition) is 3. The minimum absolute atomic E-state index is 0.142. The summed E-state index contributed by atoms with van der Waals surface area (Å²) in [6.07, 6.45) is 3.31. The van der Waals surface area contributed by atoms with Crippen LogP contribution in [0, 0.1) is 0 Å². The molecule has 0 saturated carbocycles. The molecule has 1 fully saturated rings. The predicted octanol–water partition coefficient (Wildman–Crippen LogP) is 3.41. The van der Waals surface area contributed by atoms with Gasteiger partial charge in [-0.05, 0) is 37.1 Å². The van der Waals surface area contributed by atoms with Crippen molar-refractivity contribution in [1.82, 2.24) is 4.90 Å². The maximum absolute atomic E-state index is 12.3. The molecular formula is C16H22Cl2N2O2. The summed E-state index contributed by atoms with van der Waals surface area (Å²) in [6.45, 7) is 2.44. The quantitative estimate of drug-likeness (QED) is 0.804. The van der Waals surface area contributed by atoms with Crippen molar-refractivity contribution in [2.24, 2.45) is 5.73 Å². The van der Waals surface area contributed by atoms with Crippen LogP contribution in [0.1, 0.15) is 37.4 Å². The minimum Gasteiger partial charge on any atom is -0.370 e. The summed E-state index contributed by atoms with van der Waals surface area (Å²) in [5.74, 6) is 0.186. The molecule has 0 bridgehead atoms. The van der Waals surface area contributed by atoms with E-state index < -0.39 is 0 Å². The van der Waals surface area contributed by atoms with Crippen molar-refractivity contribution in [2.75, 3.05) is 26.2 Å². The first-order valence-corrected chi connectivity index (χ1v) is 8.42. The molecule has 1 unspecified atom stereocenters. The van der Waals surface area contributed by atoms with E-state index in [2.05, 4.69) is 0 Å². The zero-order chi connectivity index (χ0) is 15.9. The Morgan fingerprint density at radius 3 is 2.82 bits per heavy atom. The number of carbonyl (C=O) groups is 1. The maximum Gasteiger partial charge on any atom is 0.222 e. The van der Waals surface area contributed by atoms with Crippen molar-refractivity contribution in [2.45, 2.75) is 31.8 Å². The number of halogens is 2. The Labute approximate surface area is 141 Å². The highest BCUT2D eigenvalue weighted by molar-refractivity contribution is 6.42. The average molecular weight is 345 g/mol. The van der Waals surface area contributed by atoms with E-state index in [1.807, 2.05) is 17.0 Å². The third-order valence-corrected chi connectivity index (χ3v) is 4.57. The van der Waals surface area contributed by atoms with Crippen molar-refractivity contribution in [1.29, 1.82) is 0 Å². The zero-order valence-corrected chi connectivity index (χ0v) is 14.1. The molecule has 2 N–H and O–H groups in total. The normalized spacial score (nSPS) is 18.5. The molecule has 4 nitrogen and oxygen atoms in total. The lowest BCUT2D eigenvalue weighted by Gasteiger charge is -2.33. The molecule has 6 heteroatoms. The number of benzene rings is 1. The van der Waals surface area contributed by atoms with E-state index in [1.54, 1.807) is 6.07 Å². The molecule has 2 rings (SSSR count). The Hall–Kier alpha value is -0.810. The Bertz CT molecular complexity index is 511. The number of unbranched alkanes of at least 4 members (excludes halogenated alkanes) is 2. The number of rotatable bonds is 6. The number of morpholine rings is 1.